The molecular formula is C6H3Cl2Ru. The van der Waals surface area contributed by atoms with E-state index in [1.54, 1.807) is 18.2 Å². The molecule has 0 aliphatic rings. The van der Waals surface area contributed by atoms with Crippen LogP contribution in [-0.2, 0) is 19.5 Å². The van der Waals surface area contributed by atoms with E-state index in [2.05, 4.69) is 6.07 Å². The van der Waals surface area contributed by atoms with Crippen LogP contribution >= 0.6 is 23.2 Å². The second-order valence-corrected chi connectivity index (χ2v) is 2.12. The number of benzene rings is 1. The van der Waals surface area contributed by atoms with Crippen LogP contribution in [0.15, 0.2) is 18.2 Å². The van der Waals surface area contributed by atoms with Crippen molar-refractivity contribution in [2.24, 2.45) is 0 Å². The van der Waals surface area contributed by atoms with Crippen molar-refractivity contribution in [2.45, 2.75) is 0 Å². The normalized spacial score (nSPS) is 8.22. The molecule has 0 aromatic heterocycles. The van der Waals surface area contributed by atoms with E-state index in [0.29, 0.717) is 10.0 Å². The Hall–Kier alpha value is 0.423. The zero-order valence-electron chi connectivity index (χ0n) is 4.34. The van der Waals surface area contributed by atoms with Crippen molar-refractivity contribution in [3.8, 4) is 0 Å². The fourth-order valence-electron chi connectivity index (χ4n) is 0.396. The van der Waals surface area contributed by atoms with Crippen molar-refractivity contribution < 1.29 is 19.5 Å². The number of halogens is 2. The molecule has 1 rings (SSSR count). The van der Waals surface area contributed by atoms with Gasteiger partial charge in [0.25, 0.3) is 0 Å². The van der Waals surface area contributed by atoms with Crippen molar-refractivity contribution in [1.29, 1.82) is 0 Å². The molecule has 1 aromatic rings. The molecule has 9 heavy (non-hydrogen) atoms. The van der Waals surface area contributed by atoms with Gasteiger partial charge in [0, 0.05) is 0 Å². The largest absolute Gasteiger partial charge is 1.00 e. The molecule has 0 heterocycles. The molecule has 0 amide bonds. The Morgan fingerprint density at radius 3 is 2.33 bits per heavy atom. The van der Waals surface area contributed by atoms with E-state index in [1.807, 2.05) is 0 Å². The summed E-state index contributed by atoms with van der Waals surface area (Å²) in [6, 6.07) is 7.96. The summed E-state index contributed by atoms with van der Waals surface area (Å²) in [6.45, 7) is 0. The Bertz CT molecular complexity index is 167. The molecule has 0 spiro atoms. The standard InChI is InChI=1S/C6H3Cl2.Ru/c7-5-3-1-2-4-6(5)8;/h1-3H;/q-1;+1. The minimum Gasteiger partial charge on any atom is -0.175 e. The quantitative estimate of drug-likeness (QED) is 0.488. The van der Waals surface area contributed by atoms with Crippen LogP contribution in [0.2, 0.25) is 10.0 Å². The smallest absolute Gasteiger partial charge is 0.175 e. The maximum Gasteiger partial charge on any atom is 1.00 e. The fourth-order valence-corrected chi connectivity index (χ4v) is 0.649. The van der Waals surface area contributed by atoms with E-state index < -0.39 is 0 Å². The van der Waals surface area contributed by atoms with Gasteiger partial charge in [-0.3, -0.25) is 0 Å². The Balaban J connectivity index is 0.000000640. The summed E-state index contributed by atoms with van der Waals surface area (Å²) in [5.74, 6) is 0. The Morgan fingerprint density at radius 1 is 1.33 bits per heavy atom. The number of hydrogen-bond acceptors (Lipinski definition) is 0. The van der Waals surface area contributed by atoms with Crippen LogP contribution in [0.5, 0.6) is 0 Å². The maximum atomic E-state index is 5.55. The van der Waals surface area contributed by atoms with Crippen LogP contribution in [0, 0.1) is 6.07 Å². The van der Waals surface area contributed by atoms with E-state index in [-0.39, 0.29) is 19.5 Å². The molecule has 0 fully saturated rings. The summed E-state index contributed by atoms with van der Waals surface area (Å²) >= 11 is 11.1. The van der Waals surface area contributed by atoms with E-state index in [4.69, 9.17) is 23.2 Å². The average Bonchev–Trinajstić information content (AvgIpc) is 1.77. The van der Waals surface area contributed by atoms with Crippen molar-refractivity contribution in [2.75, 3.05) is 0 Å². The molecule has 0 bridgehead atoms. The Morgan fingerprint density at radius 2 is 2.00 bits per heavy atom. The van der Waals surface area contributed by atoms with Gasteiger partial charge in [0.05, 0.1) is 0 Å². The SMILES string of the molecule is Clc1[c-]cccc1Cl.[Ru+]. The number of hydrogen-bond donors (Lipinski definition) is 0. The molecule has 0 atom stereocenters. The van der Waals surface area contributed by atoms with Gasteiger partial charge >= 0.3 is 19.5 Å². The van der Waals surface area contributed by atoms with Crippen molar-refractivity contribution in [3.05, 3.63) is 34.3 Å². The molecule has 0 aliphatic heterocycles. The van der Waals surface area contributed by atoms with Gasteiger partial charge in [0.2, 0.25) is 0 Å². The van der Waals surface area contributed by atoms with Crippen LogP contribution in [-0.4, -0.2) is 0 Å². The molecular weight excluding hydrogens is 244 g/mol. The molecule has 3 heteroatoms. The first kappa shape index (κ1) is 9.42. The molecule has 0 saturated carbocycles. The maximum absolute atomic E-state index is 5.55. The van der Waals surface area contributed by atoms with Crippen LogP contribution in [0.3, 0.4) is 0 Å². The first-order valence-corrected chi connectivity index (χ1v) is 2.88. The van der Waals surface area contributed by atoms with Gasteiger partial charge in [-0.2, -0.15) is 35.9 Å². The predicted octanol–water partition coefficient (Wildman–Crippen LogP) is 2.79. The van der Waals surface area contributed by atoms with Crippen molar-refractivity contribution in [3.63, 3.8) is 0 Å². The molecule has 0 unspecified atom stereocenters. The summed E-state index contributed by atoms with van der Waals surface area (Å²) in [6.07, 6.45) is 0. The Kier molecular flexibility index (Phi) is 4.47. The predicted molar refractivity (Wildman–Crippen MR) is 35.3 cm³/mol. The second kappa shape index (κ2) is 4.27. The summed E-state index contributed by atoms with van der Waals surface area (Å²) in [5.41, 5.74) is 0. The summed E-state index contributed by atoms with van der Waals surface area (Å²) in [4.78, 5) is 0. The van der Waals surface area contributed by atoms with Crippen molar-refractivity contribution >= 4 is 23.2 Å². The van der Waals surface area contributed by atoms with E-state index >= 15 is 0 Å². The van der Waals surface area contributed by atoms with E-state index in [9.17, 15) is 0 Å². The van der Waals surface area contributed by atoms with Gasteiger partial charge in [-0.05, 0) is 0 Å². The topological polar surface area (TPSA) is 0 Å². The summed E-state index contributed by atoms with van der Waals surface area (Å²) in [5, 5.41) is 1.03. The molecule has 0 nitrogen and oxygen atoms in total. The van der Waals surface area contributed by atoms with Gasteiger partial charge in [-0.1, -0.05) is 10.0 Å². The average molecular weight is 247 g/mol. The molecule has 0 N–H and O–H groups in total. The third kappa shape index (κ3) is 2.66. The molecule has 49 valence electrons. The second-order valence-electron chi connectivity index (χ2n) is 1.33. The molecule has 0 saturated heterocycles. The molecule has 1 aromatic carbocycles. The van der Waals surface area contributed by atoms with E-state index in [0.717, 1.165) is 0 Å². The minimum absolute atomic E-state index is 0. The zero-order valence-corrected chi connectivity index (χ0v) is 7.59. The summed E-state index contributed by atoms with van der Waals surface area (Å²) < 4.78 is 0. The first-order valence-electron chi connectivity index (χ1n) is 2.12. The van der Waals surface area contributed by atoms with Gasteiger partial charge in [0.15, 0.2) is 0 Å². The Labute approximate surface area is 76.9 Å². The molecule has 1 radical (unpaired) electrons. The van der Waals surface area contributed by atoms with Gasteiger partial charge in [-0.15, -0.1) is 11.6 Å². The third-order valence-electron chi connectivity index (χ3n) is 0.759. The van der Waals surface area contributed by atoms with Gasteiger partial charge in [-0.25, -0.2) is 0 Å². The van der Waals surface area contributed by atoms with Gasteiger partial charge in [0.1, 0.15) is 0 Å². The molecule has 0 aliphatic carbocycles. The van der Waals surface area contributed by atoms with Crippen LogP contribution in [0.25, 0.3) is 0 Å². The van der Waals surface area contributed by atoms with E-state index in [1.165, 1.54) is 0 Å². The number of rotatable bonds is 0. The van der Waals surface area contributed by atoms with Crippen LogP contribution < -0.4 is 0 Å². The summed E-state index contributed by atoms with van der Waals surface area (Å²) in [7, 11) is 0. The van der Waals surface area contributed by atoms with Gasteiger partial charge < -0.3 is 0 Å². The minimum atomic E-state index is 0. The first-order chi connectivity index (χ1) is 3.80. The fraction of sp³-hybridized carbons (Fsp3) is 0. The van der Waals surface area contributed by atoms with Crippen molar-refractivity contribution in [1.82, 2.24) is 0 Å². The van der Waals surface area contributed by atoms with Crippen LogP contribution in [0.1, 0.15) is 0 Å². The third-order valence-corrected chi connectivity index (χ3v) is 1.48. The van der Waals surface area contributed by atoms with Crippen LogP contribution in [0.4, 0.5) is 0 Å². The monoisotopic (exact) mass is 247 g/mol. The zero-order chi connectivity index (χ0) is 5.98.